The van der Waals surface area contributed by atoms with Crippen LogP contribution in [0.25, 0.3) is 0 Å². The fourth-order valence-corrected chi connectivity index (χ4v) is 3.99. The zero-order chi connectivity index (χ0) is 15.1. The second-order valence-corrected chi connectivity index (χ2v) is 6.67. The molecule has 3 heteroatoms. The van der Waals surface area contributed by atoms with E-state index < -0.39 is 0 Å². The van der Waals surface area contributed by atoms with Crippen molar-refractivity contribution >= 4 is 23.2 Å². The molecule has 1 aliphatic carbocycles. The van der Waals surface area contributed by atoms with E-state index in [1.807, 2.05) is 18.2 Å². The maximum atomic E-state index is 12.2. The summed E-state index contributed by atoms with van der Waals surface area (Å²) in [4.78, 5) is 12.2. The number of nitrogens with one attached hydrogen (secondary N) is 1. The van der Waals surface area contributed by atoms with Crippen LogP contribution in [0.3, 0.4) is 0 Å². The molecule has 0 radical (unpaired) electrons. The number of hydrogen-bond donors (Lipinski definition) is 1. The molecule has 2 aromatic carbocycles. The first kappa shape index (κ1) is 13.8. The van der Waals surface area contributed by atoms with Gasteiger partial charge in [-0.25, -0.2) is 0 Å². The summed E-state index contributed by atoms with van der Waals surface area (Å²) in [5, 5.41) is 3.86. The number of aryl methyl sites for hydroxylation is 1. The molecule has 0 fully saturated rings. The van der Waals surface area contributed by atoms with Crippen molar-refractivity contribution in [1.29, 1.82) is 0 Å². The van der Waals surface area contributed by atoms with E-state index in [4.69, 9.17) is 11.6 Å². The topological polar surface area (TPSA) is 29.1 Å². The Balaban J connectivity index is 1.86. The largest absolute Gasteiger partial charge is 0.326 e. The number of fused-ring (bicyclic) bond motifs is 3. The zero-order valence-electron chi connectivity index (χ0n) is 12.4. The van der Waals surface area contributed by atoms with Crippen molar-refractivity contribution in [3.05, 3.63) is 63.7 Å². The van der Waals surface area contributed by atoms with Gasteiger partial charge in [-0.1, -0.05) is 35.9 Å². The van der Waals surface area contributed by atoms with E-state index in [9.17, 15) is 4.79 Å². The van der Waals surface area contributed by atoms with Gasteiger partial charge in [-0.05, 0) is 60.1 Å². The molecule has 2 nitrogen and oxygen atoms in total. The maximum Gasteiger partial charge on any atom is 0.225 e. The Morgan fingerprint density at radius 3 is 2.82 bits per heavy atom. The summed E-state index contributed by atoms with van der Waals surface area (Å²) >= 11 is 6.14. The third kappa shape index (κ3) is 2.32. The molecule has 2 aliphatic rings. The van der Waals surface area contributed by atoms with Gasteiger partial charge in [0, 0.05) is 23.0 Å². The second kappa shape index (κ2) is 5.44. The van der Waals surface area contributed by atoms with E-state index in [0.717, 1.165) is 29.1 Å². The second-order valence-electron chi connectivity index (χ2n) is 6.23. The average Bonchev–Trinajstić information content (AvgIpc) is 2.54. The molecular weight excluding hydrogens is 294 g/mol. The number of amides is 1. The number of halogens is 1. The fourth-order valence-electron chi connectivity index (χ4n) is 3.79. The van der Waals surface area contributed by atoms with Crippen molar-refractivity contribution in [2.75, 3.05) is 5.32 Å². The molecule has 0 spiro atoms. The Hall–Kier alpha value is -1.80. The fraction of sp³-hybridized carbons (Fsp3) is 0.316. The third-order valence-electron chi connectivity index (χ3n) is 4.85. The van der Waals surface area contributed by atoms with E-state index in [2.05, 4.69) is 23.5 Å². The quantitative estimate of drug-likeness (QED) is 0.813. The Kier molecular flexibility index (Phi) is 3.42. The van der Waals surface area contributed by atoms with Gasteiger partial charge in [0.25, 0.3) is 0 Å². The van der Waals surface area contributed by atoms with Gasteiger partial charge in [0.2, 0.25) is 5.91 Å². The highest BCUT2D eigenvalue weighted by Crippen LogP contribution is 2.42. The summed E-state index contributed by atoms with van der Waals surface area (Å²) in [5.41, 5.74) is 6.18. The van der Waals surface area contributed by atoms with Crippen LogP contribution in [0.4, 0.5) is 5.69 Å². The van der Waals surface area contributed by atoms with Crippen LogP contribution >= 0.6 is 11.6 Å². The lowest BCUT2D eigenvalue weighted by Crippen LogP contribution is -2.25. The van der Waals surface area contributed by atoms with Gasteiger partial charge >= 0.3 is 0 Å². The summed E-state index contributed by atoms with van der Waals surface area (Å²) in [5.74, 6) is 0.214. The van der Waals surface area contributed by atoms with Gasteiger partial charge in [0.1, 0.15) is 0 Å². The molecule has 2 aromatic rings. The molecule has 112 valence electrons. The highest BCUT2D eigenvalue weighted by molar-refractivity contribution is 6.30. The first-order valence-electron chi connectivity index (χ1n) is 7.92. The van der Waals surface area contributed by atoms with Gasteiger partial charge in [-0.15, -0.1) is 0 Å². The average molecular weight is 312 g/mol. The molecule has 0 bridgehead atoms. The number of carbonyl (C=O) groups excluding carboxylic acids is 1. The van der Waals surface area contributed by atoms with Gasteiger partial charge in [-0.3, -0.25) is 4.79 Å². The van der Waals surface area contributed by atoms with Crippen molar-refractivity contribution < 1.29 is 4.79 Å². The van der Waals surface area contributed by atoms with Crippen molar-refractivity contribution in [1.82, 2.24) is 0 Å². The van der Waals surface area contributed by atoms with Gasteiger partial charge in [0.15, 0.2) is 0 Å². The van der Waals surface area contributed by atoms with Crippen LogP contribution in [-0.4, -0.2) is 5.91 Å². The molecule has 1 heterocycles. The molecule has 0 aromatic heterocycles. The number of anilines is 1. The van der Waals surface area contributed by atoms with Crippen LogP contribution in [0.1, 0.15) is 47.4 Å². The molecule has 4 rings (SSSR count). The van der Waals surface area contributed by atoms with E-state index >= 15 is 0 Å². The molecule has 1 N–H and O–H groups in total. The van der Waals surface area contributed by atoms with Crippen molar-refractivity contribution in [3.8, 4) is 0 Å². The summed E-state index contributed by atoms with van der Waals surface area (Å²) in [6.07, 6.45) is 5.14. The van der Waals surface area contributed by atoms with Crippen LogP contribution in [-0.2, 0) is 17.6 Å². The monoisotopic (exact) mass is 311 g/mol. The summed E-state index contributed by atoms with van der Waals surface area (Å²) in [6.45, 7) is 0. The van der Waals surface area contributed by atoms with Crippen molar-refractivity contribution in [2.45, 2.75) is 38.0 Å². The molecule has 1 amide bonds. The summed E-state index contributed by atoms with van der Waals surface area (Å²) in [7, 11) is 0. The lowest BCUT2D eigenvalue weighted by Gasteiger charge is -2.30. The number of carbonyl (C=O) groups is 1. The van der Waals surface area contributed by atoms with Crippen molar-refractivity contribution in [2.24, 2.45) is 0 Å². The van der Waals surface area contributed by atoms with Crippen molar-refractivity contribution in [3.63, 3.8) is 0 Å². The first-order chi connectivity index (χ1) is 10.7. The third-order valence-corrected chi connectivity index (χ3v) is 5.08. The van der Waals surface area contributed by atoms with Crippen LogP contribution in [0, 0.1) is 0 Å². The van der Waals surface area contributed by atoms with E-state index in [1.54, 1.807) is 0 Å². The van der Waals surface area contributed by atoms with E-state index in [-0.39, 0.29) is 11.8 Å². The summed E-state index contributed by atoms with van der Waals surface area (Å²) < 4.78 is 0. The van der Waals surface area contributed by atoms with Gasteiger partial charge in [0.05, 0.1) is 0 Å². The number of benzene rings is 2. The minimum Gasteiger partial charge on any atom is -0.326 e. The molecule has 1 unspecified atom stereocenters. The predicted octanol–water partition coefficient (Wildman–Crippen LogP) is 4.69. The smallest absolute Gasteiger partial charge is 0.225 e. The Morgan fingerprint density at radius 2 is 1.95 bits per heavy atom. The highest BCUT2D eigenvalue weighted by Gasteiger charge is 2.29. The van der Waals surface area contributed by atoms with Gasteiger partial charge in [-0.2, -0.15) is 0 Å². The molecule has 22 heavy (non-hydrogen) atoms. The minimum atomic E-state index is 0.106. The van der Waals surface area contributed by atoms with Crippen LogP contribution in [0.2, 0.25) is 5.02 Å². The standard InChI is InChI=1S/C19H18ClNO/c20-14-6-3-5-13(10-14)17-11-18(22)21-19-15-7-2-1-4-12(15)8-9-16(17)19/h3,5-6,8-10,17H,1-2,4,7,11H2,(H,21,22). The summed E-state index contributed by atoms with van der Waals surface area (Å²) in [6, 6.07) is 12.3. The van der Waals surface area contributed by atoms with Gasteiger partial charge < -0.3 is 5.32 Å². The molecule has 0 saturated carbocycles. The lowest BCUT2D eigenvalue weighted by atomic mass is 9.80. The normalized spacial score (nSPS) is 20.0. The first-order valence-corrected chi connectivity index (χ1v) is 8.30. The Bertz CT molecular complexity index is 753. The Morgan fingerprint density at radius 1 is 1.09 bits per heavy atom. The highest BCUT2D eigenvalue weighted by atomic mass is 35.5. The zero-order valence-corrected chi connectivity index (χ0v) is 13.1. The molecule has 0 saturated heterocycles. The SMILES string of the molecule is O=C1CC(c2cccc(Cl)c2)c2ccc3c(c2N1)CCCC3. The maximum absolute atomic E-state index is 12.2. The van der Waals surface area contributed by atoms with E-state index in [1.165, 1.54) is 29.5 Å². The molecular formula is C19H18ClNO. The lowest BCUT2D eigenvalue weighted by molar-refractivity contribution is -0.116. The molecule has 1 aliphatic heterocycles. The predicted molar refractivity (Wildman–Crippen MR) is 89.6 cm³/mol. The Labute approximate surface area is 135 Å². The van der Waals surface area contributed by atoms with Crippen LogP contribution in [0.15, 0.2) is 36.4 Å². The van der Waals surface area contributed by atoms with Crippen LogP contribution in [0.5, 0.6) is 0 Å². The molecule has 1 atom stereocenters. The minimum absolute atomic E-state index is 0.106. The van der Waals surface area contributed by atoms with Crippen LogP contribution < -0.4 is 5.32 Å². The number of hydrogen-bond acceptors (Lipinski definition) is 1. The number of rotatable bonds is 1. The van der Waals surface area contributed by atoms with E-state index in [0.29, 0.717) is 6.42 Å².